The van der Waals surface area contributed by atoms with Gasteiger partial charge in [-0.3, -0.25) is 19.3 Å². The van der Waals surface area contributed by atoms with Crippen molar-refractivity contribution in [1.82, 2.24) is 9.80 Å². The van der Waals surface area contributed by atoms with E-state index in [9.17, 15) is 14.4 Å². The number of thiophene rings is 1. The molecule has 3 amide bonds. The molecular weight excluding hydrogens is 372 g/mol. The molecule has 140 valence electrons. The fourth-order valence-electron chi connectivity index (χ4n) is 3.25. The second-order valence-electron chi connectivity index (χ2n) is 6.68. The number of nitrogens with zero attached hydrogens (tertiary/aromatic N) is 2. The highest BCUT2D eigenvalue weighted by Gasteiger charge is 2.34. The minimum Gasteiger partial charge on any atom is -0.337 e. The first-order valence-electron chi connectivity index (χ1n) is 8.86. The maximum Gasteiger partial charge on any atom is 0.261 e. The van der Waals surface area contributed by atoms with Gasteiger partial charge in [-0.15, -0.1) is 11.3 Å². The van der Waals surface area contributed by atoms with E-state index in [4.69, 9.17) is 0 Å². The maximum atomic E-state index is 12.6. The topological polar surface area (TPSA) is 57.7 Å². The van der Waals surface area contributed by atoms with Gasteiger partial charge in [-0.2, -0.15) is 0 Å². The van der Waals surface area contributed by atoms with Crippen molar-refractivity contribution in [2.45, 2.75) is 13.1 Å². The zero-order valence-corrected chi connectivity index (χ0v) is 16.1. The molecule has 0 aliphatic carbocycles. The van der Waals surface area contributed by atoms with Crippen molar-refractivity contribution < 1.29 is 14.4 Å². The lowest BCUT2D eigenvalue weighted by atomic mass is 10.1. The summed E-state index contributed by atoms with van der Waals surface area (Å²) in [5, 5.41) is 1.99. The number of hydrogen-bond donors (Lipinski definition) is 0. The Morgan fingerprint density at radius 3 is 2.14 bits per heavy atom. The molecule has 0 saturated carbocycles. The van der Waals surface area contributed by atoms with Crippen LogP contribution >= 0.6 is 11.3 Å². The van der Waals surface area contributed by atoms with Crippen molar-refractivity contribution in [2.75, 3.05) is 7.05 Å². The first kappa shape index (κ1) is 18.1. The van der Waals surface area contributed by atoms with Gasteiger partial charge in [0.05, 0.1) is 24.2 Å². The molecule has 0 spiro atoms. The van der Waals surface area contributed by atoms with Crippen molar-refractivity contribution in [3.63, 3.8) is 0 Å². The van der Waals surface area contributed by atoms with Crippen LogP contribution in [0.5, 0.6) is 0 Å². The second-order valence-corrected chi connectivity index (χ2v) is 7.71. The van der Waals surface area contributed by atoms with Gasteiger partial charge >= 0.3 is 0 Å². The summed E-state index contributed by atoms with van der Waals surface area (Å²) in [7, 11) is 1.77. The quantitative estimate of drug-likeness (QED) is 0.623. The van der Waals surface area contributed by atoms with Crippen LogP contribution in [0.25, 0.3) is 0 Å². The third-order valence-electron chi connectivity index (χ3n) is 4.74. The van der Waals surface area contributed by atoms with Gasteiger partial charge in [0.15, 0.2) is 0 Å². The Bertz CT molecular complexity index is 1010. The minimum absolute atomic E-state index is 0.0688. The Morgan fingerprint density at radius 1 is 0.929 bits per heavy atom. The largest absolute Gasteiger partial charge is 0.337 e. The van der Waals surface area contributed by atoms with E-state index in [-0.39, 0.29) is 24.3 Å². The fourth-order valence-corrected chi connectivity index (χ4v) is 4.00. The SMILES string of the molecule is CN(Cc1cccs1)C(=O)c1ccc(CN2C(=O)c3ccccc3C2=O)cc1. The van der Waals surface area contributed by atoms with Gasteiger partial charge in [0.1, 0.15) is 0 Å². The predicted molar refractivity (Wildman–Crippen MR) is 107 cm³/mol. The number of rotatable bonds is 5. The van der Waals surface area contributed by atoms with Crippen molar-refractivity contribution >= 4 is 29.1 Å². The Balaban J connectivity index is 1.45. The van der Waals surface area contributed by atoms with Gasteiger partial charge in [-0.1, -0.05) is 30.3 Å². The first-order valence-corrected chi connectivity index (χ1v) is 9.74. The van der Waals surface area contributed by atoms with Gasteiger partial charge in [0.25, 0.3) is 17.7 Å². The van der Waals surface area contributed by atoms with Gasteiger partial charge in [0, 0.05) is 17.5 Å². The lowest BCUT2D eigenvalue weighted by Crippen LogP contribution is -2.29. The lowest BCUT2D eigenvalue weighted by molar-refractivity contribution is 0.0641. The second kappa shape index (κ2) is 7.40. The van der Waals surface area contributed by atoms with Crippen LogP contribution in [0, 0.1) is 0 Å². The van der Waals surface area contributed by atoms with Crippen molar-refractivity contribution in [1.29, 1.82) is 0 Å². The predicted octanol–water partition coefficient (Wildman–Crippen LogP) is 3.82. The van der Waals surface area contributed by atoms with Gasteiger partial charge in [-0.25, -0.2) is 0 Å². The molecule has 0 unspecified atom stereocenters. The molecule has 6 heteroatoms. The van der Waals surface area contributed by atoms with E-state index < -0.39 is 0 Å². The molecule has 28 heavy (non-hydrogen) atoms. The molecule has 0 N–H and O–H groups in total. The highest BCUT2D eigenvalue weighted by molar-refractivity contribution is 7.09. The summed E-state index contributed by atoms with van der Waals surface area (Å²) >= 11 is 1.62. The van der Waals surface area contributed by atoms with E-state index in [0.717, 1.165) is 10.4 Å². The molecule has 0 atom stereocenters. The van der Waals surface area contributed by atoms with Crippen LogP contribution in [0.1, 0.15) is 41.5 Å². The Hall–Kier alpha value is -3.25. The van der Waals surface area contributed by atoms with Crippen molar-refractivity contribution in [2.24, 2.45) is 0 Å². The van der Waals surface area contributed by atoms with Crippen LogP contribution in [0.15, 0.2) is 66.0 Å². The van der Waals surface area contributed by atoms with Gasteiger partial charge in [0.2, 0.25) is 0 Å². The van der Waals surface area contributed by atoms with Crippen molar-refractivity contribution in [3.05, 3.63) is 93.2 Å². The van der Waals surface area contributed by atoms with E-state index in [1.165, 1.54) is 4.90 Å². The van der Waals surface area contributed by atoms with Gasteiger partial charge < -0.3 is 4.90 Å². The lowest BCUT2D eigenvalue weighted by Gasteiger charge is -2.17. The highest BCUT2D eigenvalue weighted by atomic mass is 32.1. The summed E-state index contributed by atoms with van der Waals surface area (Å²) in [5.41, 5.74) is 2.25. The molecule has 0 radical (unpaired) electrons. The third kappa shape index (κ3) is 3.34. The Kier molecular flexibility index (Phi) is 4.79. The smallest absolute Gasteiger partial charge is 0.261 e. The summed E-state index contributed by atoms with van der Waals surface area (Å²) in [6.45, 7) is 0.749. The monoisotopic (exact) mass is 390 g/mol. The number of fused-ring (bicyclic) bond motifs is 1. The van der Waals surface area contributed by atoms with E-state index in [2.05, 4.69) is 0 Å². The van der Waals surface area contributed by atoms with Crippen LogP contribution in [0.3, 0.4) is 0 Å². The van der Waals surface area contributed by atoms with E-state index in [1.807, 2.05) is 17.5 Å². The van der Waals surface area contributed by atoms with E-state index in [0.29, 0.717) is 23.2 Å². The normalized spacial score (nSPS) is 13.0. The third-order valence-corrected chi connectivity index (χ3v) is 5.60. The van der Waals surface area contributed by atoms with Crippen LogP contribution in [-0.2, 0) is 13.1 Å². The van der Waals surface area contributed by atoms with Crippen LogP contribution in [0.2, 0.25) is 0 Å². The molecule has 1 aliphatic heterocycles. The highest BCUT2D eigenvalue weighted by Crippen LogP contribution is 2.24. The molecular formula is C22H18N2O3S. The Labute approximate surface area is 166 Å². The molecule has 0 saturated heterocycles. The summed E-state index contributed by atoms with van der Waals surface area (Å²) in [5.74, 6) is -0.631. The van der Waals surface area contributed by atoms with Crippen LogP contribution in [0.4, 0.5) is 0 Å². The summed E-state index contributed by atoms with van der Waals surface area (Å²) in [4.78, 5) is 41.6. The standard InChI is InChI=1S/C22H18N2O3S/c1-23(14-17-5-4-12-28-17)20(25)16-10-8-15(9-11-16)13-24-21(26)18-6-2-3-7-19(18)22(24)27/h2-12H,13-14H2,1H3. The number of carbonyl (C=O) groups is 3. The molecule has 5 nitrogen and oxygen atoms in total. The Morgan fingerprint density at radius 2 is 1.57 bits per heavy atom. The average molecular weight is 390 g/mol. The molecule has 4 rings (SSSR count). The average Bonchev–Trinajstić information content (AvgIpc) is 3.31. The number of imide groups is 1. The molecule has 2 heterocycles. The molecule has 0 bridgehead atoms. The number of amides is 3. The molecule has 3 aromatic rings. The fraction of sp³-hybridized carbons (Fsp3) is 0.136. The maximum absolute atomic E-state index is 12.6. The van der Waals surface area contributed by atoms with Crippen LogP contribution in [-0.4, -0.2) is 34.6 Å². The number of benzene rings is 2. The number of hydrogen-bond acceptors (Lipinski definition) is 4. The van der Waals surface area contributed by atoms with E-state index >= 15 is 0 Å². The molecule has 1 aromatic heterocycles. The molecule has 0 fully saturated rings. The van der Waals surface area contributed by atoms with E-state index in [1.54, 1.807) is 71.8 Å². The molecule has 2 aromatic carbocycles. The zero-order valence-electron chi connectivity index (χ0n) is 15.3. The zero-order chi connectivity index (χ0) is 19.7. The summed E-state index contributed by atoms with van der Waals surface area (Å²) in [6, 6.07) is 17.8. The summed E-state index contributed by atoms with van der Waals surface area (Å²) in [6.07, 6.45) is 0. The first-order chi connectivity index (χ1) is 13.5. The number of carbonyl (C=O) groups excluding carboxylic acids is 3. The molecule has 1 aliphatic rings. The van der Waals surface area contributed by atoms with Crippen molar-refractivity contribution in [3.8, 4) is 0 Å². The van der Waals surface area contributed by atoms with Gasteiger partial charge in [-0.05, 0) is 41.3 Å². The summed E-state index contributed by atoms with van der Waals surface area (Å²) < 4.78 is 0. The minimum atomic E-state index is -0.281. The van der Waals surface area contributed by atoms with Crippen LogP contribution < -0.4 is 0 Å².